The summed E-state index contributed by atoms with van der Waals surface area (Å²) in [6.45, 7) is 2.94. The van der Waals surface area contributed by atoms with E-state index in [1.54, 1.807) is 0 Å². The number of amides is 1. The fraction of sp³-hybridized carbons (Fsp3) is 0.400. The third-order valence-electron chi connectivity index (χ3n) is 5.97. The van der Waals surface area contributed by atoms with Crippen LogP contribution in [0.3, 0.4) is 0 Å². The molecule has 1 fully saturated rings. The largest absolute Gasteiger partial charge is 0.353 e. The van der Waals surface area contributed by atoms with E-state index >= 15 is 0 Å². The Balaban J connectivity index is 1.32. The highest BCUT2D eigenvalue weighted by Gasteiger charge is 2.13. The summed E-state index contributed by atoms with van der Waals surface area (Å²) in [5.41, 5.74) is 3.45. The predicted octanol–water partition coefficient (Wildman–Crippen LogP) is 4.59. The first-order valence-corrected chi connectivity index (χ1v) is 10.9. The molecule has 1 saturated carbocycles. The van der Waals surface area contributed by atoms with Crippen LogP contribution in [-0.2, 0) is 11.3 Å². The number of fused-ring (bicyclic) bond motifs is 1. The van der Waals surface area contributed by atoms with Crippen LogP contribution in [0.1, 0.15) is 32.1 Å². The summed E-state index contributed by atoms with van der Waals surface area (Å²) < 4.78 is 2.06. The number of carbonyl (C=O) groups excluding carboxylic acids is 1. The molecule has 0 unspecified atom stereocenters. The van der Waals surface area contributed by atoms with E-state index in [0.717, 1.165) is 35.5 Å². The molecule has 1 heterocycles. The van der Waals surface area contributed by atoms with Crippen LogP contribution in [-0.4, -0.2) is 30.1 Å². The molecule has 1 aliphatic rings. The Hall–Kier alpha value is -2.59. The summed E-state index contributed by atoms with van der Waals surface area (Å²) in [6, 6.07) is 18.7. The Morgan fingerprint density at radius 3 is 2.59 bits per heavy atom. The number of carbonyl (C=O) groups is 1. The second-order valence-corrected chi connectivity index (χ2v) is 8.11. The molecule has 0 radical (unpaired) electrons. The molecular weight excluding hydrogens is 358 g/mol. The van der Waals surface area contributed by atoms with Crippen LogP contribution in [0.5, 0.6) is 0 Å². The van der Waals surface area contributed by atoms with Gasteiger partial charge < -0.3 is 15.2 Å². The zero-order valence-corrected chi connectivity index (χ0v) is 17.1. The van der Waals surface area contributed by atoms with Gasteiger partial charge in [0.2, 0.25) is 5.91 Å². The van der Waals surface area contributed by atoms with Crippen LogP contribution < -0.4 is 10.6 Å². The van der Waals surface area contributed by atoms with E-state index in [-0.39, 0.29) is 5.91 Å². The van der Waals surface area contributed by atoms with Crippen LogP contribution in [0.25, 0.3) is 22.0 Å². The van der Waals surface area contributed by atoms with Gasteiger partial charge in [0, 0.05) is 30.2 Å². The van der Waals surface area contributed by atoms with Gasteiger partial charge in [-0.1, -0.05) is 67.8 Å². The lowest BCUT2D eigenvalue weighted by atomic mass is 9.89. The Morgan fingerprint density at radius 2 is 1.76 bits per heavy atom. The van der Waals surface area contributed by atoms with Gasteiger partial charge in [-0.05, 0) is 36.9 Å². The molecular formula is C25H31N3O. The molecule has 2 N–H and O–H groups in total. The number of hydrogen-bond acceptors (Lipinski definition) is 2. The van der Waals surface area contributed by atoms with Gasteiger partial charge in [0.15, 0.2) is 0 Å². The molecule has 152 valence electrons. The normalized spacial score (nSPS) is 14.9. The Morgan fingerprint density at radius 1 is 0.931 bits per heavy atom. The number of hydrogen-bond donors (Lipinski definition) is 2. The maximum Gasteiger partial charge on any atom is 0.239 e. The zero-order valence-electron chi connectivity index (χ0n) is 17.1. The minimum atomic E-state index is 0.0600. The smallest absolute Gasteiger partial charge is 0.239 e. The van der Waals surface area contributed by atoms with Crippen molar-refractivity contribution >= 4 is 16.8 Å². The highest BCUT2D eigenvalue weighted by atomic mass is 16.1. The molecule has 29 heavy (non-hydrogen) atoms. The summed E-state index contributed by atoms with van der Waals surface area (Å²) in [5, 5.41) is 7.73. The maximum atomic E-state index is 12.5. The summed E-state index contributed by atoms with van der Waals surface area (Å²) in [4.78, 5) is 12.5. The molecule has 3 aromatic rings. The van der Waals surface area contributed by atoms with E-state index in [4.69, 9.17) is 0 Å². The van der Waals surface area contributed by atoms with Crippen LogP contribution in [0.15, 0.2) is 60.8 Å². The quantitative estimate of drug-likeness (QED) is 0.553. The molecule has 0 bridgehead atoms. The average Bonchev–Trinajstić information content (AvgIpc) is 3.18. The van der Waals surface area contributed by atoms with Gasteiger partial charge >= 0.3 is 0 Å². The summed E-state index contributed by atoms with van der Waals surface area (Å²) >= 11 is 0. The SMILES string of the molecule is O=C(Cn1ccc2cccc(-c3ccccc3)c21)NCCNCC1CCCCC1. The van der Waals surface area contributed by atoms with Crippen molar-refractivity contribution in [3.05, 3.63) is 60.8 Å². The molecule has 4 nitrogen and oxygen atoms in total. The molecule has 4 rings (SSSR count). The van der Waals surface area contributed by atoms with Gasteiger partial charge in [0.05, 0.1) is 5.52 Å². The van der Waals surface area contributed by atoms with Crippen molar-refractivity contribution in [2.45, 2.75) is 38.6 Å². The number of nitrogens with one attached hydrogen (secondary N) is 2. The lowest BCUT2D eigenvalue weighted by Crippen LogP contribution is -2.35. The minimum absolute atomic E-state index is 0.0600. The number of aromatic nitrogens is 1. The van der Waals surface area contributed by atoms with Crippen molar-refractivity contribution in [3.8, 4) is 11.1 Å². The highest BCUT2D eigenvalue weighted by molar-refractivity contribution is 5.95. The molecule has 2 aromatic carbocycles. The lowest BCUT2D eigenvalue weighted by Gasteiger charge is -2.21. The molecule has 4 heteroatoms. The molecule has 0 aliphatic heterocycles. The van der Waals surface area contributed by atoms with Crippen molar-refractivity contribution in [2.75, 3.05) is 19.6 Å². The van der Waals surface area contributed by atoms with Crippen molar-refractivity contribution in [3.63, 3.8) is 0 Å². The Labute approximate surface area is 173 Å². The van der Waals surface area contributed by atoms with E-state index in [1.807, 2.05) is 12.3 Å². The number of nitrogens with zero attached hydrogens (tertiary/aromatic N) is 1. The second kappa shape index (κ2) is 9.75. The topological polar surface area (TPSA) is 46.1 Å². The van der Waals surface area contributed by atoms with E-state index in [1.165, 1.54) is 37.7 Å². The highest BCUT2D eigenvalue weighted by Crippen LogP contribution is 2.29. The van der Waals surface area contributed by atoms with Crippen LogP contribution >= 0.6 is 0 Å². The maximum absolute atomic E-state index is 12.5. The lowest BCUT2D eigenvalue weighted by molar-refractivity contribution is -0.121. The van der Waals surface area contributed by atoms with E-state index in [2.05, 4.69) is 63.7 Å². The van der Waals surface area contributed by atoms with Gasteiger partial charge in [-0.25, -0.2) is 0 Å². The first-order chi connectivity index (χ1) is 14.3. The monoisotopic (exact) mass is 389 g/mol. The molecule has 0 spiro atoms. The van der Waals surface area contributed by atoms with Gasteiger partial charge in [-0.15, -0.1) is 0 Å². The van der Waals surface area contributed by atoms with Crippen molar-refractivity contribution in [1.82, 2.24) is 15.2 Å². The Bertz CT molecular complexity index is 926. The van der Waals surface area contributed by atoms with Crippen LogP contribution in [0.2, 0.25) is 0 Å². The van der Waals surface area contributed by atoms with Crippen molar-refractivity contribution < 1.29 is 4.79 Å². The molecule has 0 saturated heterocycles. The van der Waals surface area contributed by atoms with E-state index in [9.17, 15) is 4.79 Å². The van der Waals surface area contributed by atoms with E-state index < -0.39 is 0 Å². The second-order valence-electron chi connectivity index (χ2n) is 8.11. The number of para-hydroxylation sites is 1. The van der Waals surface area contributed by atoms with E-state index in [0.29, 0.717) is 13.1 Å². The first-order valence-electron chi connectivity index (χ1n) is 10.9. The van der Waals surface area contributed by atoms with Crippen molar-refractivity contribution in [1.29, 1.82) is 0 Å². The molecule has 0 atom stereocenters. The minimum Gasteiger partial charge on any atom is -0.353 e. The van der Waals surface area contributed by atoms with Gasteiger partial charge in [0.25, 0.3) is 0 Å². The zero-order chi connectivity index (χ0) is 19.9. The third-order valence-corrected chi connectivity index (χ3v) is 5.97. The standard InChI is InChI=1S/C25H31N3O/c29-24(27-16-15-26-18-20-8-3-1-4-9-20)19-28-17-14-22-12-7-13-23(25(22)28)21-10-5-2-6-11-21/h2,5-7,10-14,17,20,26H,1,3-4,8-9,15-16,18-19H2,(H,27,29). The first kappa shape index (κ1) is 19.7. The van der Waals surface area contributed by atoms with Gasteiger partial charge in [0.1, 0.15) is 6.54 Å². The summed E-state index contributed by atoms with van der Waals surface area (Å²) in [6.07, 6.45) is 8.86. The summed E-state index contributed by atoms with van der Waals surface area (Å²) in [5.74, 6) is 0.881. The van der Waals surface area contributed by atoms with Gasteiger partial charge in [-0.2, -0.15) is 0 Å². The summed E-state index contributed by atoms with van der Waals surface area (Å²) in [7, 11) is 0. The van der Waals surface area contributed by atoms with Crippen molar-refractivity contribution in [2.24, 2.45) is 5.92 Å². The van der Waals surface area contributed by atoms with Crippen LogP contribution in [0, 0.1) is 5.92 Å². The molecule has 1 aromatic heterocycles. The number of rotatable bonds is 8. The average molecular weight is 390 g/mol. The number of benzene rings is 2. The molecule has 1 amide bonds. The predicted molar refractivity (Wildman–Crippen MR) is 120 cm³/mol. The van der Waals surface area contributed by atoms with Crippen LogP contribution in [0.4, 0.5) is 0 Å². The van der Waals surface area contributed by atoms with Gasteiger partial charge in [-0.3, -0.25) is 4.79 Å². The fourth-order valence-corrected chi connectivity index (χ4v) is 4.44. The molecule has 1 aliphatic carbocycles. The fourth-order valence-electron chi connectivity index (χ4n) is 4.44. The Kier molecular flexibility index (Phi) is 6.63. The third kappa shape index (κ3) is 5.07.